The average molecular weight is 294 g/mol. The molecule has 22 heavy (non-hydrogen) atoms. The van der Waals surface area contributed by atoms with Gasteiger partial charge in [-0.2, -0.15) is 0 Å². The van der Waals surface area contributed by atoms with E-state index in [4.69, 9.17) is 10.5 Å². The summed E-state index contributed by atoms with van der Waals surface area (Å²) >= 11 is 0. The molecule has 0 amide bonds. The molecule has 0 bridgehead atoms. The maximum Gasteiger partial charge on any atom is 0.0594 e. The number of nitrogen functional groups attached to an aromatic ring is 1. The monoisotopic (exact) mass is 294 g/mol. The fraction of sp³-hybridized carbons (Fsp3) is 0.368. The normalized spacial score (nSPS) is 17.3. The first-order valence-corrected chi connectivity index (χ1v) is 8.11. The Kier molecular flexibility index (Phi) is 3.60. The second-order valence-corrected chi connectivity index (χ2v) is 6.20. The molecule has 1 heterocycles. The van der Waals surface area contributed by atoms with Gasteiger partial charge in [-0.25, -0.2) is 0 Å². The Bertz CT molecular complexity index is 690. The number of hydrogen-bond acceptors (Lipinski definition) is 3. The lowest BCUT2D eigenvalue weighted by molar-refractivity contribution is 0.0384. The number of rotatable bonds is 3. The third kappa shape index (κ3) is 2.40. The molecule has 1 saturated heterocycles. The number of hydrogen-bond donors (Lipinski definition) is 1. The predicted molar refractivity (Wildman–Crippen MR) is 90.1 cm³/mol. The molecule has 2 aromatic rings. The van der Waals surface area contributed by atoms with E-state index in [1.54, 1.807) is 0 Å². The lowest BCUT2D eigenvalue weighted by Gasteiger charge is -2.26. The summed E-state index contributed by atoms with van der Waals surface area (Å²) < 4.78 is 5.41. The molecular weight excluding hydrogens is 272 g/mol. The maximum absolute atomic E-state index is 6.49. The van der Waals surface area contributed by atoms with Crippen LogP contribution in [0.1, 0.15) is 16.7 Å². The van der Waals surface area contributed by atoms with Crippen molar-refractivity contribution in [3.05, 3.63) is 53.1 Å². The van der Waals surface area contributed by atoms with Crippen molar-refractivity contribution in [3.63, 3.8) is 0 Å². The van der Waals surface area contributed by atoms with Crippen LogP contribution in [0, 0.1) is 0 Å². The van der Waals surface area contributed by atoms with Crippen molar-refractivity contribution in [2.75, 3.05) is 38.6 Å². The van der Waals surface area contributed by atoms with E-state index in [0.717, 1.165) is 51.4 Å². The first-order valence-electron chi connectivity index (χ1n) is 8.11. The smallest absolute Gasteiger partial charge is 0.0594 e. The zero-order valence-corrected chi connectivity index (χ0v) is 12.8. The summed E-state index contributed by atoms with van der Waals surface area (Å²) in [7, 11) is 0. The van der Waals surface area contributed by atoms with Gasteiger partial charge in [-0.3, -0.25) is 4.90 Å². The molecule has 0 radical (unpaired) electrons. The summed E-state index contributed by atoms with van der Waals surface area (Å²) in [6.45, 7) is 4.86. The largest absolute Gasteiger partial charge is 0.398 e. The van der Waals surface area contributed by atoms with Gasteiger partial charge >= 0.3 is 0 Å². The molecule has 0 saturated carbocycles. The van der Waals surface area contributed by atoms with Crippen LogP contribution in [0.4, 0.5) is 5.69 Å². The highest BCUT2D eigenvalue weighted by atomic mass is 16.5. The zero-order valence-electron chi connectivity index (χ0n) is 12.8. The fourth-order valence-corrected chi connectivity index (χ4v) is 3.60. The second kappa shape index (κ2) is 5.75. The Balaban J connectivity index is 1.55. The Labute approximate surface area is 131 Å². The Morgan fingerprint density at radius 3 is 2.68 bits per heavy atom. The number of fused-ring (bicyclic) bond motifs is 3. The summed E-state index contributed by atoms with van der Waals surface area (Å²) in [5.74, 6) is 0. The minimum Gasteiger partial charge on any atom is -0.398 e. The maximum atomic E-state index is 6.49. The molecule has 0 atom stereocenters. The summed E-state index contributed by atoms with van der Waals surface area (Å²) in [5.41, 5.74) is 14.2. The third-order valence-corrected chi connectivity index (χ3v) is 4.92. The minimum absolute atomic E-state index is 0.856. The van der Waals surface area contributed by atoms with Crippen LogP contribution in [-0.2, 0) is 17.6 Å². The Morgan fingerprint density at radius 2 is 1.82 bits per heavy atom. The van der Waals surface area contributed by atoms with Crippen LogP contribution < -0.4 is 5.73 Å². The van der Waals surface area contributed by atoms with Crippen molar-refractivity contribution in [1.29, 1.82) is 0 Å². The van der Waals surface area contributed by atoms with Crippen molar-refractivity contribution < 1.29 is 4.74 Å². The van der Waals surface area contributed by atoms with Gasteiger partial charge < -0.3 is 10.5 Å². The van der Waals surface area contributed by atoms with Crippen LogP contribution in [0.15, 0.2) is 36.4 Å². The highest BCUT2D eigenvalue weighted by Crippen LogP contribution is 2.40. The van der Waals surface area contributed by atoms with Crippen molar-refractivity contribution >= 4 is 5.69 Å². The molecule has 1 aliphatic carbocycles. The molecule has 2 N–H and O–H groups in total. The number of anilines is 1. The quantitative estimate of drug-likeness (QED) is 0.755. The highest BCUT2D eigenvalue weighted by Gasteiger charge is 2.21. The van der Waals surface area contributed by atoms with Gasteiger partial charge in [-0.1, -0.05) is 36.4 Å². The predicted octanol–water partition coefficient (Wildman–Crippen LogP) is 2.71. The molecule has 0 unspecified atom stereocenters. The van der Waals surface area contributed by atoms with Crippen LogP contribution in [0.3, 0.4) is 0 Å². The van der Waals surface area contributed by atoms with Crippen molar-refractivity contribution in [3.8, 4) is 11.1 Å². The summed E-state index contributed by atoms with van der Waals surface area (Å²) in [6, 6.07) is 13.1. The van der Waals surface area contributed by atoms with Crippen LogP contribution in [0.2, 0.25) is 0 Å². The van der Waals surface area contributed by atoms with Crippen molar-refractivity contribution in [1.82, 2.24) is 4.90 Å². The lowest BCUT2D eigenvalue weighted by atomic mass is 9.99. The topological polar surface area (TPSA) is 38.5 Å². The van der Waals surface area contributed by atoms with Gasteiger partial charge in [0, 0.05) is 31.7 Å². The van der Waals surface area contributed by atoms with E-state index in [9.17, 15) is 0 Å². The van der Waals surface area contributed by atoms with E-state index in [1.807, 2.05) is 0 Å². The summed E-state index contributed by atoms with van der Waals surface area (Å²) in [4.78, 5) is 2.46. The Hall–Kier alpha value is -1.84. The second-order valence-electron chi connectivity index (χ2n) is 6.20. The molecule has 0 spiro atoms. The van der Waals surface area contributed by atoms with E-state index in [2.05, 4.69) is 41.3 Å². The van der Waals surface area contributed by atoms with Gasteiger partial charge in [0.2, 0.25) is 0 Å². The summed E-state index contributed by atoms with van der Waals surface area (Å²) in [6.07, 6.45) is 2.00. The van der Waals surface area contributed by atoms with E-state index in [0.29, 0.717) is 0 Å². The van der Waals surface area contributed by atoms with Crippen LogP contribution in [-0.4, -0.2) is 37.7 Å². The van der Waals surface area contributed by atoms with Crippen LogP contribution >= 0.6 is 0 Å². The van der Waals surface area contributed by atoms with E-state index >= 15 is 0 Å². The van der Waals surface area contributed by atoms with Crippen molar-refractivity contribution in [2.24, 2.45) is 0 Å². The molecular formula is C19H22N2O. The van der Waals surface area contributed by atoms with E-state index in [1.165, 1.54) is 27.8 Å². The Morgan fingerprint density at radius 1 is 1.00 bits per heavy atom. The lowest BCUT2D eigenvalue weighted by Crippen LogP contribution is -2.37. The standard InChI is InChI=1S/C19H22N2O/c20-19-14(7-8-21-9-11-22-12-10-21)5-6-17-16-4-2-1-3-15(16)13-18(17)19/h1-6H,7-13,20H2. The molecule has 0 aromatic heterocycles. The SMILES string of the molecule is Nc1c(CCN2CCOCC2)ccc2c1Cc1ccccc1-2. The van der Waals surface area contributed by atoms with Gasteiger partial charge in [0.05, 0.1) is 13.2 Å². The first kappa shape index (κ1) is 13.8. The fourth-order valence-electron chi connectivity index (χ4n) is 3.60. The molecule has 114 valence electrons. The molecule has 4 rings (SSSR count). The van der Waals surface area contributed by atoms with E-state index < -0.39 is 0 Å². The van der Waals surface area contributed by atoms with Gasteiger partial charge in [-0.15, -0.1) is 0 Å². The highest BCUT2D eigenvalue weighted by molar-refractivity contribution is 5.82. The van der Waals surface area contributed by atoms with Crippen molar-refractivity contribution in [2.45, 2.75) is 12.8 Å². The summed E-state index contributed by atoms with van der Waals surface area (Å²) in [5, 5.41) is 0. The molecule has 1 fully saturated rings. The number of morpholine rings is 1. The molecule has 2 aliphatic rings. The molecule has 2 aromatic carbocycles. The van der Waals surface area contributed by atoms with Gasteiger partial charge in [0.25, 0.3) is 0 Å². The van der Waals surface area contributed by atoms with E-state index in [-0.39, 0.29) is 0 Å². The number of ether oxygens (including phenoxy) is 1. The minimum atomic E-state index is 0.856. The molecule has 3 heteroatoms. The number of nitrogens with two attached hydrogens (primary N) is 1. The first-order chi connectivity index (χ1) is 10.8. The van der Waals surface area contributed by atoms with Gasteiger partial charge in [0.15, 0.2) is 0 Å². The number of nitrogens with zero attached hydrogens (tertiary/aromatic N) is 1. The molecule has 1 aliphatic heterocycles. The van der Waals surface area contributed by atoms with Crippen LogP contribution in [0.25, 0.3) is 11.1 Å². The average Bonchev–Trinajstić information content (AvgIpc) is 2.95. The van der Waals surface area contributed by atoms with Gasteiger partial charge in [0.1, 0.15) is 0 Å². The number of benzene rings is 2. The zero-order chi connectivity index (χ0) is 14.9. The third-order valence-electron chi connectivity index (χ3n) is 4.92. The van der Waals surface area contributed by atoms with Crippen LogP contribution in [0.5, 0.6) is 0 Å². The molecule has 3 nitrogen and oxygen atoms in total. The van der Waals surface area contributed by atoms with Gasteiger partial charge in [-0.05, 0) is 34.2 Å².